The lowest BCUT2D eigenvalue weighted by atomic mass is 9.97. The van der Waals surface area contributed by atoms with Gasteiger partial charge in [0.15, 0.2) is 11.5 Å². The molecule has 0 aromatic heterocycles. The van der Waals surface area contributed by atoms with Crippen LogP contribution in [0.3, 0.4) is 0 Å². The predicted molar refractivity (Wildman–Crippen MR) is 129 cm³/mol. The summed E-state index contributed by atoms with van der Waals surface area (Å²) in [5.74, 6) is 0.806. The van der Waals surface area contributed by atoms with Crippen LogP contribution in [0, 0.1) is 13.8 Å². The third-order valence-corrected chi connectivity index (χ3v) is 5.80. The number of anilines is 2. The number of nitrogens with one attached hydrogen (secondary N) is 1. The first-order valence-electron chi connectivity index (χ1n) is 11.1. The Morgan fingerprint density at radius 1 is 0.941 bits per heavy atom. The lowest BCUT2D eigenvalue weighted by molar-refractivity contribution is -0.120. The molecule has 0 aliphatic carbocycles. The Morgan fingerprint density at radius 2 is 1.74 bits per heavy atom. The minimum Gasteiger partial charge on any atom is -0.492 e. The number of rotatable bonds is 6. The highest BCUT2D eigenvalue weighted by Crippen LogP contribution is 2.40. The molecule has 2 heterocycles. The van der Waals surface area contributed by atoms with Gasteiger partial charge in [-0.1, -0.05) is 35.9 Å². The van der Waals surface area contributed by atoms with Gasteiger partial charge in [0.1, 0.15) is 11.4 Å². The van der Waals surface area contributed by atoms with Crippen LogP contribution in [-0.2, 0) is 9.59 Å². The quantitative estimate of drug-likeness (QED) is 0.536. The van der Waals surface area contributed by atoms with E-state index in [1.54, 1.807) is 18.2 Å². The van der Waals surface area contributed by atoms with Crippen molar-refractivity contribution in [3.05, 3.63) is 83.1 Å². The van der Waals surface area contributed by atoms with Crippen molar-refractivity contribution in [1.82, 2.24) is 0 Å². The summed E-state index contributed by atoms with van der Waals surface area (Å²) < 4.78 is 16.6. The fourth-order valence-corrected chi connectivity index (χ4v) is 4.23. The first kappa shape index (κ1) is 21.6. The predicted octanol–water partition coefficient (Wildman–Crippen LogP) is 4.83. The Kier molecular flexibility index (Phi) is 5.45. The van der Waals surface area contributed by atoms with Crippen molar-refractivity contribution < 1.29 is 23.8 Å². The Morgan fingerprint density at radius 3 is 2.53 bits per heavy atom. The summed E-state index contributed by atoms with van der Waals surface area (Å²) in [6.45, 7) is 6.39. The maximum Gasteiger partial charge on any atom is 0.282 e. The number of carbonyl (C=O) groups excluding carboxylic acids is 2. The van der Waals surface area contributed by atoms with Crippen LogP contribution in [0.25, 0.3) is 5.57 Å². The van der Waals surface area contributed by atoms with Crippen LogP contribution in [0.4, 0.5) is 11.4 Å². The number of benzene rings is 3. The third kappa shape index (κ3) is 3.65. The van der Waals surface area contributed by atoms with Crippen LogP contribution < -0.4 is 24.4 Å². The van der Waals surface area contributed by atoms with Crippen molar-refractivity contribution in [1.29, 1.82) is 0 Å². The molecule has 1 N–H and O–H groups in total. The van der Waals surface area contributed by atoms with Crippen LogP contribution in [0.15, 0.2) is 66.4 Å². The van der Waals surface area contributed by atoms with Gasteiger partial charge in [0.05, 0.1) is 23.6 Å². The highest BCUT2D eigenvalue weighted by atomic mass is 16.7. The van der Waals surface area contributed by atoms with Gasteiger partial charge in [-0.3, -0.25) is 9.59 Å². The Hall–Kier alpha value is -4.26. The molecule has 0 saturated carbocycles. The number of hydrogen-bond acceptors (Lipinski definition) is 6. The number of imide groups is 1. The standard InChI is InChI=1S/C27H24N2O5/c1-4-32-21-8-6-5-7-20(21)28-25-24(19-11-9-16(2)13-17(19)3)26(30)29(27(25)31)18-10-12-22-23(14-18)34-15-33-22/h5-14,28H,4,15H2,1-3H3. The fraction of sp³-hybridized carbons (Fsp3) is 0.185. The Bertz CT molecular complexity index is 1340. The second-order valence-electron chi connectivity index (χ2n) is 8.11. The van der Waals surface area contributed by atoms with E-state index in [9.17, 15) is 9.59 Å². The lowest BCUT2D eigenvalue weighted by Gasteiger charge is -2.16. The van der Waals surface area contributed by atoms with Gasteiger partial charge < -0.3 is 19.5 Å². The van der Waals surface area contributed by atoms with Crippen molar-refractivity contribution >= 4 is 28.8 Å². The van der Waals surface area contributed by atoms with Gasteiger partial charge in [0.2, 0.25) is 6.79 Å². The summed E-state index contributed by atoms with van der Waals surface area (Å²) in [5.41, 5.74) is 4.20. The van der Waals surface area contributed by atoms with E-state index in [2.05, 4.69) is 5.32 Å². The van der Waals surface area contributed by atoms with E-state index >= 15 is 0 Å². The zero-order chi connectivity index (χ0) is 23.8. The number of carbonyl (C=O) groups is 2. The van der Waals surface area contributed by atoms with Crippen LogP contribution in [-0.4, -0.2) is 25.2 Å². The van der Waals surface area contributed by atoms with E-state index in [-0.39, 0.29) is 12.5 Å². The summed E-state index contributed by atoms with van der Waals surface area (Å²) >= 11 is 0. The van der Waals surface area contributed by atoms with Gasteiger partial charge >= 0.3 is 0 Å². The molecule has 2 aliphatic rings. The molecule has 34 heavy (non-hydrogen) atoms. The number of nitrogens with zero attached hydrogens (tertiary/aromatic N) is 1. The van der Waals surface area contributed by atoms with E-state index in [0.29, 0.717) is 46.4 Å². The average Bonchev–Trinajstić information content (AvgIpc) is 3.37. The lowest BCUT2D eigenvalue weighted by Crippen LogP contribution is -2.32. The summed E-state index contributed by atoms with van der Waals surface area (Å²) in [6.07, 6.45) is 0. The second-order valence-corrected chi connectivity index (χ2v) is 8.11. The topological polar surface area (TPSA) is 77.1 Å². The van der Waals surface area contributed by atoms with Crippen LogP contribution in [0.5, 0.6) is 17.2 Å². The minimum atomic E-state index is -0.454. The maximum atomic E-state index is 13.8. The van der Waals surface area contributed by atoms with E-state index in [1.807, 2.05) is 63.2 Å². The van der Waals surface area contributed by atoms with Gasteiger partial charge in [-0.2, -0.15) is 0 Å². The van der Waals surface area contributed by atoms with Gasteiger partial charge in [0.25, 0.3) is 11.8 Å². The third-order valence-electron chi connectivity index (χ3n) is 5.80. The molecule has 3 aromatic carbocycles. The molecule has 7 heteroatoms. The van der Waals surface area contributed by atoms with E-state index < -0.39 is 11.8 Å². The van der Waals surface area contributed by atoms with E-state index in [1.165, 1.54) is 4.90 Å². The largest absolute Gasteiger partial charge is 0.492 e. The second kappa shape index (κ2) is 8.59. The number of hydrogen-bond donors (Lipinski definition) is 1. The first-order valence-corrected chi connectivity index (χ1v) is 11.1. The van der Waals surface area contributed by atoms with E-state index in [0.717, 1.165) is 11.1 Å². The summed E-state index contributed by atoms with van der Waals surface area (Å²) in [7, 11) is 0. The Balaban J connectivity index is 1.63. The zero-order valence-electron chi connectivity index (χ0n) is 19.2. The number of amides is 2. The van der Waals surface area contributed by atoms with Gasteiger partial charge in [-0.15, -0.1) is 0 Å². The van der Waals surface area contributed by atoms with Crippen LogP contribution in [0.2, 0.25) is 0 Å². The number of aryl methyl sites for hydroxylation is 2. The molecule has 0 spiro atoms. The van der Waals surface area contributed by atoms with Crippen molar-refractivity contribution in [3.8, 4) is 17.2 Å². The van der Waals surface area contributed by atoms with Gasteiger partial charge in [0, 0.05) is 6.07 Å². The summed E-state index contributed by atoms with van der Waals surface area (Å²) in [5, 5.41) is 3.20. The number of ether oxygens (including phenoxy) is 3. The molecule has 0 atom stereocenters. The smallest absolute Gasteiger partial charge is 0.282 e. The van der Waals surface area contributed by atoms with Crippen LogP contribution in [0.1, 0.15) is 23.6 Å². The molecule has 0 saturated heterocycles. The molecule has 0 unspecified atom stereocenters. The molecular formula is C27H24N2O5. The molecule has 0 bridgehead atoms. The zero-order valence-corrected chi connectivity index (χ0v) is 19.2. The summed E-state index contributed by atoms with van der Waals surface area (Å²) in [6, 6.07) is 18.2. The van der Waals surface area contributed by atoms with Crippen LogP contribution >= 0.6 is 0 Å². The minimum absolute atomic E-state index is 0.105. The first-order chi connectivity index (χ1) is 16.5. The molecule has 0 radical (unpaired) electrons. The molecular weight excluding hydrogens is 432 g/mol. The van der Waals surface area contributed by atoms with Crippen molar-refractivity contribution in [2.75, 3.05) is 23.6 Å². The van der Waals surface area contributed by atoms with Crippen molar-refractivity contribution in [2.24, 2.45) is 0 Å². The highest BCUT2D eigenvalue weighted by molar-refractivity contribution is 6.46. The monoisotopic (exact) mass is 456 g/mol. The molecule has 5 rings (SSSR count). The number of fused-ring (bicyclic) bond motifs is 1. The maximum absolute atomic E-state index is 13.8. The molecule has 2 aliphatic heterocycles. The number of para-hydroxylation sites is 2. The molecule has 3 aromatic rings. The average molecular weight is 456 g/mol. The normalized spacial score (nSPS) is 14.7. The molecule has 0 fully saturated rings. The highest BCUT2D eigenvalue weighted by Gasteiger charge is 2.41. The molecule has 2 amide bonds. The van der Waals surface area contributed by atoms with Crippen molar-refractivity contribution in [3.63, 3.8) is 0 Å². The Labute approximate surface area is 197 Å². The van der Waals surface area contributed by atoms with Crippen molar-refractivity contribution in [2.45, 2.75) is 20.8 Å². The van der Waals surface area contributed by atoms with Gasteiger partial charge in [-0.25, -0.2) is 4.90 Å². The van der Waals surface area contributed by atoms with Gasteiger partial charge in [-0.05, 0) is 56.2 Å². The molecule has 7 nitrogen and oxygen atoms in total. The summed E-state index contributed by atoms with van der Waals surface area (Å²) in [4.78, 5) is 28.7. The SMILES string of the molecule is CCOc1ccccc1NC1=C(c2ccc(C)cc2C)C(=O)N(c2ccc3c(c2)OCO3)C1=O. The fourth-order valence-electron chi connectivity index (χ4n) is 4.23. The van der Waals surface area contributed by atoms with E-state index in [4.69, 9.17) is 14.2 Å². The molecule has 172 valence electrons.